The molecule has 172 valence electrons. The minimum absolute atomic E-state index is 0.245. The highest BCUT2D eigenvalue weighted by atomic mass is 16.2. The molecule has 2 aliphatic heterocycles. The van der Waals surface area contributed by atoms with Crippen LogP contribution in [0.2, 0.25) is 0 Å². The Bertz CT molecular complexity index is 1170. The van der Waals surface area contributed by atoms with E-state index in [1.807, 2.05) is 84.9 Å². The van der Waals surface area contributed by atoms with Crippen molar-refractivity contribution in [2.24, 2.45) is 0 Å². The highest BCUT2D eigenvalue weighted by Gasteiger charge is 2.51. The minimum atomic E-state index is -1.14. The molecular weight excluding hydrogens is 426 g/mol. The molecule has 0 atom stereocenters. The molecule has 6 heteroatoms. The minimum Gasteiger partial charge on any atom is -0.322 e. The number of nitrogens with zero attached hydrogens (tertiary/aromatic N) is 2. The number of nitrogens with one attached hydrogen (secondary N) is 1. The molecular formula is C28H27N3O3. The summed E-state index contributed by atoms with van der Waals surface area (Å²) in [5.74, 6) is -0.602. The summed E-state index contributed by atoms with van der Waals surface area (Å²) < 4.78 is 0. The first-order chi connectivity index (χ1) is 16.6. The summed E-state index contributed by atoms with van der Waals surface area (Å²) >= 11 is 0. The average Bonchev–Trinajstić information content (AvgIpc) is 3.08. The highest BCUT2D eigenvalue weighted by Crippen LogP contribution is 2.29. The van der Waals surface area contributed by atoms with E-state index in [2.05, 4.69) is 5.32 Å². The van der Waals surface area contributed by atoms with Crippen LogP contribution in [0.1, 0.15) is 23.1 Å². The number of amides is 4. The van der Waals surface area contributed by atoms with Crippen molar-refractivity contribution in [3.8, 4) is 0 Å². The number of para-hydroxylation sites is 1. The van der Waals surface area contributed by atoms with Crippen LogP contribution in [0.4, 0.5) is 10.5 Å². The predicted octanol–water partition coefficient (Wildman–Crippen LogP) is 3.74. The van der Waals surface area contributed by atoms with Crippen LogP contribution in [0, 0.1) is 0 Å². The number of rotatable bonds is 6. The lowest BCUT2D eigenvalue weighted by Gasteiger charge is -2.31. The molecule has 0 aromatic heterocycles. The van der Waals surface area contributed by atoms with Gasteiger partial charge in [0.2, 0.25) is 5.91 Å². The van der Waals surface area contributed by atoms with Crippen molar-refractivity contribution in [3.05, 3.63) is 102 Å². The zero-order valence-corrected chi connectivity index (χ0v) is 18.9. The monoisotopic (exact) mass is 453 g/mol. The third-order valence-electron chi connectivity index (χ3n) is 6.65. The van der Waals surface area contributed by atoms with Gasteiger partial charge in [-0.05, 0) is 35.6 Å². The van der Waals surface area contributed by atoms with Crippen molar-refractivity contribution in [2.75, 3.05) is 18.0 Å². The van der Waals surface area contributed by atoms with E-state index < -0.39 is 11.6 Å². The second-order valence-electron chi connectivity index (χ2n) is 9.01. The quantitative estimate of drug-likeness (QED) is 0.578. The Hall–Kier alpha value is -3.93. The Labute approximate surface area is 199 Å². The van der Waals surface area contributed by atoms with Gasteiger partial charge in [0, 0.05) is 25.1 Å². The molecule has 0 unspecified atom stereocenters. The van der Waals surface area contributed by atoms with Crippen LogP contribution >= 0.6 is 0 Å². The SMILES string of the molecule is O=C1NC(Cc2ccccc2)(Cc2ccccc2)C(=O)N1CC(=O)N1CCCc2ccccc21. The van der Waals surface area contributed by atoms with E-state index in [0.29, 0.717) is 19.4 Å². The molecule has 4 amide bonds. The van der Waals surface area contributed by atoms with E-state index >= 15 is 0 Å². The summed E-state index contributed by atoms with van der Waals surface area (Å²) in [6.07, 6.45) is 2.48. The van der Waals surface area contributed by atoms with Crippen molar-refractivity contribution >= 4 is 23.5 Å². The first-order valence-corrected chi connectivity index (χ1v) is 11.7. The summed E-state index contributed by atoms with van der Waals surface area (Å²) in [5, 5.41) is 2.96. The number of hydrogen-bond acceptors (Lipinski definition) is 3. The van der Waals surface area contributed by atoms with E-state index in [9.17, 15) is 14.4 Å². The normalized spacial score (nSPS) is 16.8. The van der Waals surface area contributed by atoms with Gasteiger partial charge in [0.05, 0.1) is 0 Å². The molecule has 1 saturated heterocycles. The number of urea groups is 1. The fourth-order valence-electron chi connectivity index (χ4n) is 5.02. The lowest BCUT2D eigenvalue weighted by Crippen LogP contribution is -2.51. The molecule has 1 N–H and O–H groups in total. The van der Waals surface area contributed by atoms with Gasteiger partial charge < -0.3 is 10.2 Å². The van der Waals surface area contributed by atoms with Gasteiger partial charge in [-0.25, -0.2) is 4.79 Å². The van der Waals surface area contributed by atoms with Crippen LogP contribution in [0.5, 0.6) is 0 Å². The fraction of sp³-hybridized carbons (Fsp3) is 0.250. The van der Waals surface area contributed by atoms with Gasteiger partial charge in [-0.15, -0.1) is 0 Å². The smallest absolute Gasteiger partial charge is 0.322 e. The molecule has 0 radical (unpaired) electrons. The zero-order valence-electron chi connectivity index (χ0n) is 18.9. The zero-order chi connectivity index (χ0) is 23.5. The van der Waals surface area contributed by atoms with Crippen molar-refractivity contribution in [2.45, 2.75) is 31.2 Å². The van der Waals surface area contributed by atoms with Crippen LogP contribution < -0.4 is 10.2 Å². The maximum absolute atomic E-state index is 13.8. The van der Waals surface area contributed by atoms with Gasteiger partial charge >= 0.3 is 6.03 Å². The first kappa shape index (κ1) is 21.9. The third kappa shape index (κ3) is 4.19. The van der Waals surface area contributed by atoms with E-state index in [0.717, 1.165) is 40.1 Å². The fourth-order valence-corrected chi connectivity index (χ4v) is 5.02. The van der Waals surface area contributed by atoms with Gasteiger partial charge in [-0.2, -0.15) is 0 Å². The van der Waals surface area contributed by atoms with Crippen molar-refractivity contribution < 1.29 is 14.4 Å². The van der Waals surface area contributed by atoms with Gasteiger partial charge in [-0.1, -0.05) is 78.9 Å². The van der Waals surface area contributed by atoms with E-state index in [-0.39, 0.29) is 18.4 Å². The Morgan fingerprint density at radius 3 is 2.06 bits per heavy atom. The first-order valence-electron chi connectivity index (χ1n) is 11.7. The van der Waals surface area contributed by atoms with E-state index in [1.165, 1.54) is 0 Å². The van der Waals surface area contributed by atoms with Crippen LogP contribution in [-0.4, -0.2) is 41.4 Å². The second-order valence-corrected chi connectivity index (χ2v) is 9.01. The summed E-state index contributed by atoms with van der Waals surface area (Å²) in [6, 6.07) is 26.6. The van der Waals surface area contributed by atoms with Crippen LogP contribution in [-0.2, 0) is 28.9 Å². The standard InChI is InChI=1S/C28H27N3O3/c32-25(30-17-9-15-23-14-7-8-16-24(23)30)20-31-26(33)28(29-27(31)34,18-21-10-3-1-4-11-21)19-22-12-5-2-6-13-22/h1-8,10-14,16H,9,15,17-20H2,(H,29,34). The molecule has 1 fully saturated rings. The summed E-state index contributed by atoms with van der Waals surface area (Å²) in [7, 11) is 0. The predicted molar refractivity (Wildman–Crippen MR) is 130 cm³/mol. The van der Waals surface area contributed by atoms with Gasteiger partial charge in [-0.3, -0.25) is 14.5 Å². The molecule has 0 bridgehead atoms. The van der Waals surface area contributed by atoms with Crippen molar-refractivity contribution in [3.63, 3.8) is 0 Å². The molecule has 0 spiro atoms. The number of anilines is 1. The second kappa shape index (κ2) is 9.14. The molecule has 3 aromatic carbocycles. The number of benzene rings is 3. The Balaban J connectivity index is 1.41. The summed E-state index contributed by atoms with van der Waals surface area (Å²) in [5.41, 5.74) is 2.74. The number of carbonyl (C=O) groups excluding carboxylic acids is 3. The summed E-state index contributed by atoms with van der Waals surface area (Å²) in [6.45, 7) is 0.309. The molecule has 34 heavy (non-hydrogen) atoms. The molecule has 2 heterocycles. The average molecular weight is 454 g/mol. The maximum Gasteiger partial charge on any atom is 0.325 e. The third-order valence-corrected chi connectivity index (χ3v) is 6.65. The van der Waals surface area contributed by atoms with E-state index in [4.69, 9.17) is 0 Å². The van der Waals surface area contributed by atoms with Crippen molar-refractivity contribution in [1.29, 1.82) is 0 Å². The number of imide groups is 1. The van der Waals surface area contributed by atoms with Gasteiger partial charge in [0.1, 0.15) is 12.1 Å². The number of aryl methyl sites for hydroxylation is 1. The Morgan fingerprint density at radius 1 is 0.824 bits per heavy atom. The lowest BCUT2D eigenvalue weighted by molar-refractivity contribution is -0.134. The van der Waals surface area contributed by atoms with Gasteiger partial charge in [0.25, 0.3) is 5.91 Å². The summed E-state index contributed by atoms with van der Waals surface area (Å²) in [4.78, 5) is 42.9. The van der Waals surface area contributed by atoms with E-state index in [1.54, 1.807) is 4.90 Å². The number of hydrogen-bond donors (Lipinski definition) is 1. The molecule has 3 aromatic rings. The van der Waals surface area contributed by atoms with Gasteiger partial charge in [0.15, 0.2) is 0 Å². The van der Waals surface area contributed by atoms with Crippen molar-refractivity contribution in [1.82, 2.24) is 10.2 Å². The Morgan fingerprint density at radius 2 is 1.41 bits per heavy atom. The lowest BCUT2D eigenvalue weighted by atomic mass is 9.84. The maximum atomic E-state index is 13.8. The van der Waals surface area contributed by atoms with Crippen LogP contribution in [0.25, 0.3) is 0 Å². The molecule has 0 saturated carbocycles. The number of carbonyl (C=O) groups is 3. The molecule has 0 aliphatic carbocycles. The molecule has 6 nitrogen and oxygen atoms in total. The number of fused-ring (bicyclic) bond motifs is 1. The highest BCUT2D eigenvalue weighted by molar-refractivity contribution is 6.10. The van der Waals surface area contributed by atoms with Crippen LogP contribution in [0.15, 0.2) is 84.9 Å². The Kier molecular flexibility index (Phi) is 5.88. The molecule has 2 aliphatic rings. The topological polar surface area (TPSA) is 69.7 Å². The largest absolute Gasteiger partial charge is 0.325 e. The van der Waals surface area contributed by atoms with Crippen LogP contribution in [0.3, 0.4) is 0 Å². The molecule has 5 rings (SSSR count).